The summed E-state index contributed by atoms with van der Waals surface area (Å²) in [7, 11) is -3.59. The second-order valence-electron chi connectivity index (χ2n) is 8.25. The van der Waals surface area contributed by atoms with Crippen molar-refractivity contribution < 1.29 is 13.2 Å². The maximum Gasteiger partial charge on any atom is 0.243 e. The van der Waals surface area contributed by atoms with Gasteiger partial charge in [-0.05, 0) is 43.2 Å². The summed E-state index contributed by atoms with van der Waals surface area (Å²) in [5, 5.41) is 3.13. The highest BCUT2D eigenvalue weighted by Gasteiger charge is 2.27. The van der Waals surface area contributed by atoms with Gasteiger partial charge in [-0.15, -0.1) is 0 Å². The molecule has 0 atom stereocenters. The molecule has 0 radical (unpaired) electrons. The quantitative estimate of drug-likeness (QED) is 0.692. The molecule has 0 aliphatic carbocycles. The molecule has 172 valence electrons. The molecule has 0 bridgehead atoms. The molecule has 0 spiro atoms. The number of nitrogens with zero attached hydrogens (tertiary/aromatic N) is 3. The topological polar surface area (TPSA) is 73.0 Å². The summed E-state index contributed by atoms with van der Waals surface area (Å²) in [6.45, 7) is 4.55. The van der Waals surface area contributed by atoms with E-state index in [1.807, 2.05) is 18.2 Å². The second kappa shape index (κ2) is 10.2. The number of para-hydroxylation sites is 1. The number of amides is 1. The van der Waals surface area contributed by atoms with E-state index in [9.17, 15) is 13.2 Å². The summed E-state index contributed by atoms with van der Waals surface area (Å²) in [4.78, 5) is 17.2. The van der Waals surface area contributed by atoms with Crippen LogP contribution in [0, 0.1) is 0 Å². The van der Waals surface area contributed by atoms with E-state index < -0.39 is 10.0 Å². The Morgan fingerprint density at radius 1 is 0.906 bits per heavy atom. The second-order valence-corrected chi connectivity index (χ2v) is 10.6. The first kappa shape index (κ1) is 23.0. The molecule has 2 saturated heterocycles. The molecular formula is C23H29ClN4O3S. The number of hydrogen-bond donors (Lipinski definition) is 1. The van der Waals surface area contributed by atoms with Gasteiger partial charge in [0.25, 0.3) is 0 Å². The van der Waals surface area contributed by atoms with E-state index in [-0.39, 0.29) is 17.3 Å². The number of piperidine rings is 1. The minimum atomic E-state index is -3.59. The number of sulfonamides is 1. The summed E-state index contributed by atoms with van der Waals surface area (Å²) in [5.74, 6) is -0.201. The molecule has 2 fully saturated rings. The Bertz CT molecular complexity index is 1030. The largest absolute Gasteiger partial charge is 0.369 e. The van der Waals surface area contributed by atoms with Crippen LogP contribution in [-0.4, -0.2) is 69.3 Å². The predicted octanol–water partition coefficient (Wildman–Crippen LogP) is 3.28. The number of halogens is 1. The molecule has 2 aromatic rings. The third-order valence-corrected chi connectivity index (χ3v) is 8.25. The van der Waals surface area contributed by atoms with E-state index in [1.54, 1.807) is 0 Å². The van der Waals surface area contributed by atoms with Gasteiger partial charge in [-0.25, -0.2) is 8.42 Å². The number of nitrogens with one attached hydrogen (secondary N) is 1. The van der Waals surface area contributed by atoms with Crippen LogP contribution in [0.4, 0.5) is 11.4 Å². The van der Waals surface area contributed by atoms with Crippen LogP contribution in [0.3, 0.4) is 0 Å². The zero-order chi connectivity index (χ0) is 22.6. The Labute approximate surface area is 195 Å². The van der Waals surface area contributed by atoms with Crippen LogP contribution in [0.1, 0.15) is 19.3 Å². The summed E-state index contributed by atoms with van der Waals surface area (Å²) in [6, 6.07) is 14.7. The van der Waals surface area contributed by atoms with Crippen LogP contribution < -0.4 is 10.2 Å². The van der Waals surface area contributed by atoms with Gasteiger partial charge in [-0.3, -0.25) is 9.69 Å². The van der Waals surface area contributed by atoms with Crippen molar-refractivity contribution in [1.82, 2.24) is 9.21 Å². The first-order valence-electron chi connectivity index (χ1n) is 11.1. The number of rotatable bonds is 6. The maximum atomic E-state index is 13.0. The predicted molar refractivity (Wildman–Crippen MR) is 128 cm³/mol. The Morgan fingerprint density at radius 2 is 1.59 bits per heavy atom. The summed E-state index contributed by atoms with van der Waals surface area (Å²) < 4.78 is 27.4. The lowest BCUT2D eigenvalue weighted by Gasteiger charge is -2.35. The van der Waals surface area contributed by atoms with Crippen molar-refractivity contribution in [2.45, 2.75) is 24.2 Å². The van der Waals surface area contributed by atoms with Crippen LogP contribution in [0.15, 0.2) is 53.4 Å². The van der Waals surface area contributed by atoms with Crippen LogP contribution in [0.2, 0.25) is 5.02 Å². The number of piperazine rings is 1. The first-order valence-corrected chi connectivity index (χ1v) is 12.9. The molecule has 2 aliphatic rings. The van der Waals surface area contributed by atoms with Crippen LogP contribution in [-0.2, 0) is 14.8 Å². The van der Waals surface area contributed by atoms with Crippen molar-refractivity contribution in [2.75, 3.05) is 56.0 Å². The van der Waals surface area contributed by atoms with E-state index in [4.69, 9.17) is 11.6 Å². The molecule has 1 N–H and O–H groups in total. The maximum absolute atomic E-state index is 13.0. The lowest BCUT2D eigenvalue weighted by atomic mass is 10.2. The van der Waals surface area contributed by atoms with Crippen molar-refractivity contribution in [2.24, 2.45) is 0 Å². The minimum Gasteiger partial charge on any atom is -0.369 e. The van der Waals surface area contributed by atoms with Gasteiger partial charge in [-0.2, -0.15) is 4.31 Å². The van der Waals surface area contributed by atoms with Gasteiger partial charge in [0.1, 0.15) is 0 Å². The van der Waals surface area contributed by atoms with Gasteiger partial charge in [0.2, 0.25) is 15.9 Å². The molecule has 32 heavy (non-hydrogen) atoms. The lowest BCUT2D eigenvalue weighted by Crippen LogP contribution is -2.48. The molecule has 0 saturated carbocycles. The third kappa shape index (κ3) is 5.43. The van der Waals surface area contributed by atoms with Crippen LogP contribution >= 0.6 is 11.6 Å². The van der Waals surface area contributed by atoms with E-state index in [2.05, 4.69) is 27.2 Å². The van der Waals surface area contributed by atoms with Crippen molar-refractivity contribution in [3.8, 4) is 0 Å². The summed E-state index contributed by atoms with van der Waals surface area (Å²) >= 11 is 6.26. The van der Waals surface area contributed by atoms with E-state index in [0.717, 1.165) is 45.4 Å². The van der Waals surface area contributed by atoms with Gasteiger partial charge in [-0.1, -0.05) is 36.2 Å². The third-order valence-electron chi connectivity index (χ3n) is 6.03. The highest BCUT2D eigenvalue weighted by atomic mass is 35.5. The highest BCUT2D eigenvalue weighted by Crippen LogP contribution is 2.28. The molecule has 4 rings (SSSR count). The Balaban J connectivity index is 1.36. The van der Waals surface area contributed by atoms with Crippen LogP contribution in [0.25, 0.3) is 0 Å². The monoisotopic (exact) mass is 476 g/mol. The SMILES string of the molecule is O=C(CN1CCN(c2ccccc2)CC1)Nc1cc(S(=O)(=O)N2CCCCC2)ccc1Cl. The molecule has 9 heteroatoms. The minimum absolute atomic E-state index is 0.163. The van der Waals surface area contributed by atoms with Crippen LogP contribution in [0.5, 0.6) is 0 Å². The smallest absolute Gasteiger partial charge is 0.243 e. The number of carbonyl (C=O) groups excluding carboxylic acids is 1. The molecule has 7 nitrogen and oxygen atoms in total. The molecule has 2 heterocycles. The number of hydrogen-bond acceptors (Lipinski definition) is 5. The number of anilines is 2. The summed E-state index contributed by atoms with van der Waals surface area (Å²) in [5.41, 5.74) is 1.52. The molecule has 1 amide bonds. The Morgan fingerprint density at radius 3 is 2.28 bits per heavy atom. The van der Waals surface area contributed by atoms with Crippen molar-refractivity contribution in [1.29, 1.82) is 0 Å². The highest BCUT2D eigenvalue weighted by molar-refractivity contribution is 7.89. The standard InChI is InChI=1S/C23H29ClN4O3S/c24-21-10-9-20(32(30,31)28-11-5-2-6-12-28)17-22(21)25-23(29)18-26-13-15-27(16-14-26)19-7-3-1-4-8-19/h1,3-4,7-10,17H,2,5-6,11-16,18H2,(H,25,29). The van der Waals surface area contributed by atoms with Gasteiger partial charge >= 0.3 is 0 Å². The normalized spacial score (nSPS) is 18.5. The van der Waals surface area contributed by atoms with E-state index in [0.29, 0.717) is 23.8 Å². The molecule has 0 unspecified atom stereocenters. The van der Waals surface area contributed by atoms with Gasteiger partial charge in [0.15, 0.2) is 0 Å². The van der Waals surface area contributed by atoms with E-state index in [1.165, 1.54) is 28.2 Å². The molecular weight excluding hydrogens is 448 g/mol. The fourth-order valence-electron chi connectivity index (χ4n) is 4.21. The fourth-order valence-corrected chi connectivity index (χ4v) is 5.92. The van der Waals surface area contributed by atoms with Gasteiger partial charge in [0, 0.05) is 45.0 Å². The molecule has 0 aromatic heterocycles. The van der Waals surface area contributed by atoms with Gasteiger partial charge < -0.3 is 10.2 Å². The lowest BCUT2D eigenvalue weighted by molar-refractivity contribution is -0.117. The summed E-state index contributed by atoms with van der Waals surface area (Å²) in [6.07, 6.45) is 2.79. The van der Waals surface area contributed by atoms with Gasteiger partial charge in [0.05, 0.1) is 22.2 Å². The van der Waals surface area contributed by atoms with Crippen molar-refractivity contribution in [3.05, 3.63) is 53.6 Å². The average molecular weight is 477 g/mol. The molecule has 2 aromatic carbocycles. The Hall–Kier alpha value is -2.13. The van der Waals surface area contributed by atoms with E-state index >= 15 is 0 Å². The molecule has 2 aliphatic heterocycles. The van der Waals surface area contributed by atoms with Crippen molar-refractivity contribution in [3.63, 3.8) is 0 Å². The number of benzene rings is 2. The first-order chi connectivity index (χ1) is 15.4. The fraction of sp³-hybridized carbons (Fsp3) is 0.435. The average Bonchev–Trinajstić information content (AvgIpc) is 2.82. The zero-order valence-corrected chi connectivity index (χ0v) is 19.6. The Kier molecular flexibility index (Phi) is 7.35. The number of carbonyl (C=O) groups is 1. The zero-order valence-electron chi connectivity index (χ0n) is 18.0. The van der Waals surface area contributed by atoms with Crippen molar-refractivity contribution >= 4 is 38.9 Å².